The standard InChI is InChI=1S/C19H25N7O2/c1-12-13(24-28-23-12)7-26-11-20-14-15(21-17(18(2,3)4)22-16(14)26)25-6-5-19(8-25)9-27-10-19/h11H,5-10H2,1-4H3. The molecule has 9 heteroatoms. The molecule has 0 aromatic carbocycles. The minimum Gasteiger partial charge on any atom is -0.380 e. The van der Waals surface area contributed by atoms with Gasteiger partial charge in [0.1, 0.15) is 17.2 Å². The Hall–Kier alpha value is -2.55. The Balaban J connectivity index is 1.60. The molecule has 5 rings (SSSR count). The summed E-state index contributed by atoms with van der Waals surface area (Å²) >= 11 is 0. The van der Waals surface area contributed by atoms with Crippen molar-refractivity contribution in [2.45, 2.75) is 46.1 Å². The second-order valence-corrected chi connectivity index (χ2v) is 9.13. The molecule has 1 spiro atoms. The number of hydrogen-bond donors (Lipinski definition) is 0. The Morgan fingerprint density at radius 2 is 2.00 bits per heavy atom. The minimum absolute atomic E-state index is 0.166. The first-order valence-corrected chi connectivity index (χ1v) is 9.69. The summed E-state index contributed by atoms with van der Waals surface area (Å²) in [5.74, 6) is 1.74. The van der Waals surface area contributed by atoms with Gasteiger partial charge in [0.2, 0.25) is 0 Å². The highest BCUT2D eigenvalue weighted by Crippen LogP contribution is 2.40. The van der Waals surface area contributed by atoms with Crippen LogP contribution in [0.5, 0.6) is 0 Å². The molecule has 3 aromatic rings. The maximum atomic E-state index is 5.48. The molecule has 0 amide bonds. The summed E-state index contributed by atoms with van der Waals surface area (Å²) in [6.45, 7) is 12.4. The van der Waals surface area contributed by atoms with E-state index in [-0.39, 0.29) is 10.8 Å². The molecule has 0 saturated carbocycles. The molecular weight excluding hydrogens is 358 g/mol. The molecular formula is C19H25N7O2. The fourth-order valence-corrected chi connectivity index (χ4v) is 3.90. The van der Waals surface area contributed by atoms with E-state index in [4.69, 9.17) is 19.3 Å². The summed E-state index contributed by atoms with van der Waals surface area (Å²) in [4.78, 5) is 16.9. The van der Waals surface area contributed by atoms with Gasteiger partial charge in [0.15, 0.2) is 17.0 Å². The zero-order valence-electron chi connectivity index (χ0n) is 16.8. The van der Waals surface area contributed by atoms with Gasteiger partial charge in [-0.05, 0) is 13.3 Å². The molecule has 0 bridgehead atoms. The normalized spacial score (nSPS) is 18.9. The molecule has 9 nitrogen and oxygen atoms in total. The summed E-state index contributed by atoms with van der Waals surface area (Å²) < 4.78 is 12.3. The molecule has 2 fully saturated rings. The van der Waals surface area contributed by atoms with Crippen molar-refractivity contribution in [3.63, 3.8) is 0 Å². The number of rotatable bonds is 3. The van der Waals surface area contributed by atoms with Gasteiger partial charge in [0, 0.05) is 23.9 Å². The predicted octanol–water partition coefficient (Wildman–Crippen LogP) is 2.09. The van der Waals surface area contributed by atoms with Crippen molar-refractivity contribution in [3.8, 4) is 0 Å². The molecule has 28 heavy (non-hydrogen) atoms. The maximum absolute atomic E-state index is 5.48. The van der Waals surface area contributed by atoms with E-state index in [0.29, 0.717) is 6.54 Å². The van der Waals surface area contributed by atoms with Gasteiger partial charge in [-0.2, -0.15) is 0 Å². The van der Waals surface area contributed by atoms with Crippen LogP contribution in [0.3, 0.4) is 0 Å². The van der Waals surface area contributed by atoms with Gasteiger partial charge in [-0.3, -0.25) is 0 Å². The van der Waals surface area contributed by atoms with Crippen molar-refractivity contribution in [1.82, 2.24) is 29.8 Å². The van der Waals surface area contributed by atoms with E-state index in [2.05, 4.69) is 41.0 Å². The first kappa shape index (κ1) is 17.5. The van der Waals surface area contributed by atoms with Gasteiger partial charge < -0.3 is 14.2 Å². The molecule has 0 atom stereocenters. The van der Waals surface area contributed by atoms with Gasteiger partial charge in [0.25, 0.3) is 0 Å². The summed E-state index contributed by atoms with van der Waals surface area (Å²) in [6.07, 6.45) is 2.94. The molecule has 0 N–H and O–H groups in total. The summed E-state index contributed by atoms with van der Waals surface area (Å²) in [5.41, 5.74) is 3.33. The van der Waals surface area contributed by atoms with Crippen LogP contribution in [0.1, 0.15) is 44.4 Å². The number of aromatic nitrogens is 6. The SMILES string of the molecule is Cc1nonc1Cn1cnc2c(N3CCC4(COC4)C3)nc(C(C)(C)C)nc21. The molecule has 148 valence electrons. The Labute approximate surface area is 163 Å². The molecule has 0 radical (unpaired) electrons. The van der Waals surface area contributed by atoms with E-state index in [1.54, 1.807) is 0 Å². The van der Waals surface area contributed by atoms with Crippen molar-refractivity contribution in [3.05, 3.63) is 23.5 Å². The smallest absolute Gasteiger partial charge is 0.166 e. The number of imidazole rings is 1. The van der Waals surface area contributed by atoms with E-state index in [1.165, 1.54) is 0 Å². The molecule has 3 aromatic heterocycles. The van der Waals surface area contributed by atoms with E-state index < -0.39 is 0 Å². The van der Waals surface area contributed by atoms with Crippen LogP contribution < -0.4 is 4.90 Å². The first-order valence-electron chi connectivity index (χ1n) is 9.69. The summed E-state index contributed by atoms with van der Waals surface area (Å²) in [6, 6.07) is 0. The highest BCUT2D eigenvalue weighted by molar-refractivity contribution is 5.84. The monoisotopic (exact) mass is 383 g/mol. The second-order valence-electron chi connectivity index (χ2n) is 9.13. The lowest BCUT2D eigenvalue weighted by molar-refractivity contribution is -0.0985. The Kier molecular flexibility index (Phi) is 3.74. The molecule has 0 unspecified atom stereocenters. The van der Waals surface area contributed by atoms with Crippen molar-refractivity contribution in [2.75, 3.05) is 31.2 Å². The van der Waals surface area contributed by atoms with E-state index in [0.717, 1.165) is 66.9 Å². The molecule has 5 heterocycles. The Morgan fingerprint density at radius 3 is 2.61 bits per heavy atom. The van der Waals surface area contributed by atoms with E-state index in [9.17, 15) is 0 Å². The molecule has 2 saturated heterocycles. The number of fused-ring (bicyclic) bond motifs is 1. The van der Waals surface area contributed by atoms with Gasteiger partial charge in [0.05, 0.1) is 26.1 Å². The van der Waals surface area contributed by atoms with Crippen LogP contribution in [0.15, 0.2) is 11.0 Å². The van der Waals surface area contributed by atoms with E-state index >= 15 is 0 Å². The number of ether oxygens (including phenoxy) is 1. The summed E-state index contributed by atoms with van der Waals surface area (Å²) in [7, 11) is 0. The van der Waals surface area contributed by atoms with Crippen LogP contribution >= 0.6 is 0 Å². The average Bonchev–Trinajstić information content (AvgIpc) is 3.33. The third-order valence-electron chi connectivity index (χ3n) is 5.74. The zero-order valence-corrected chi connectivity index (χ0v) is 16.8. The van der Waals surface area contributed by atoms with Crippen LogP contribution in [0.25, 0.3) is 11.2 Å². The molecule has 2 aliphatic rings. The topological polar surface area (TPSA) is 95.0 Å². The van der Waals surface area contributed by atoms with Crippen LogP contribution in [0, 0.1) is 12.3 Å². The van der Waals surface area contributed by atoms with Crippen LogP contribution in [0.4, 0.5) is 5.82 Å². The lowest BCUT2D eigenvalue weighted by Gasteiger charge is -2.37. The number of hydrogen-bond acceptors (Lipinski definition) is 8. The van der Waals surface area contributed by atoms with Crippen LogP contribution in [0.2, 0.25) is 0 Å². The minimum atomic E-state index is -0.166. The Bertz CT molecular complexity index is 1030. The van der Waals surface area contributed by atoms with Crippen LogP contribution in [-0.4, -0.2) is 56.1 Å². The van der Waals surface area contributed by atoms with Crippen molar-refractivity contribution in [1.29, 1.82) is 0 Å². The molecule has 2 aliphatic heterocycles. The fourth-order valence-electron chi connectivity index (χ4n) is 3.90. The summed E-state index contributed by atoms with van der Waals surface area (Å²) in [5, 5.41) is 7.88. The first-order chi connectivity index (χ1) is 13.3. The second kappa shape index (κ2) is 5.97. The van der Waals surface area contributed by atoms with E-state index in [1.807, 2.05) is 17.8 Å². The number of nitrogens with zero attached hydrogens (tertiary/aromatic N) is 7. The molecule has 0 aliphatic carbocycles. The number of anilines is 1. The predicted molar refractivity (Wildman–Crippen MR) is 102 cm³/mol. The maximum Gasteiger partial charge on any atom is 0.166 e. The van der Waals surface area contributed by atoms with Crippen molar-refractivity contribution >= 4 is 17.0 Å². The van der Waals surface area contributed by atoms with Crippen LogP contribution in [-0.2, 0) is 16.7 Å². The van der Waals surface area contributed by atoms with Gasteiger partial charge in [-0.1, -0.05) is 31.1 Å². The van der Waals surface area contributed by atoms with Gasteiger partial charge in [-0.25, -0.2) is 19.6 Å². The van der Waals surface area contributed by atoms with Gasteiger partial charge in [-0.15, -0.1) is 0 Å². The quantitative estimate of drug-likeness (QED) is 0.678. The lowest BCUT2D eigenvalue weighted by atomic mass is 9.85. The van der Waals surface area contributed by atoms with Gasteiger partial charge >= 0.3 is 0 Å². The largest absolute Gasteiger partial charge is 0.380 e. The van der Waals surface area contributed by atoms with Crippen molar-refractivity contribution < 1.29 is 9.37 Å². The third kappa shape index (κ3) is 2.76. The average molecular weight is 383 g/mol. The lowest BCUT2D eigenvalue weighted by Crippen LogP contribution is -2.44. The fraction of sp³-hybridized carbons (Fsp3) is 0.632. The third-order valence-corrected chi connectivity index (χ3v) is 5.74. The highest BCUT2D eigenvalue weighted by Gasteiger charge is 2.45. The zero-order chi connectivity index (χ0) is 19.5. The number of aryl methyl sites for hydroxylation is 1. The Morgan fingerprint density at radius 1 is 1.18 bits per heavy atom. The van der Waals surface area contributed by atoms with Crippen molar-refractivity contribution in [2.24, 2.45) is 5.41 Å². The highest BCUT2D eigenvalue weighted by atomic mass is 16.6.